The highest BCUT2D eigenvalue weighted by Crippen LogP contribution is 2.43. The van der Waals surface area contributed by atoms with E-state index >= 15 is 0 Å². The highest BCUT2D eigenvalue weighted by Gasteiger charge is 2.18. The van der Waals surface area contributed by atoms with Gasteiger partial charge in [-0.05, 0) is 125 Å². The van der Waals surface area contributed by atoms with Gasteiger partial charge in [0.2, 0.25) is 0 Å². The highest BCUT2D eigenvalue weighted by atomic mass is 15.1. The number of nitrogens with zero attached hydrogens (tertiary/aromatic N) is 1. The van der Waals surface area contributed by atoms with E-state index in [1.165, 1.54) is 88.3 Å². The third kappa shape index (κ3) is 7.26. The van der Waals surface area contributed by atoms with Crippen molar-refractivity contribution in [3.8, 4) is 66.8 Å². The van der Waals surface area contributed by atoms with E-state index < -0.39 is 0 Å². The monoisotopic (exact) mass is 801 g/mol. The molecule has 0 N–H and O–H groups in total. The Hall–Kier alpha value is -8.26. The topological polar surface area (TPSA) is 3.24 Å². The van der Waals surface area contributed by atoms with Crippen molar-refractivity contribution >= 4 is 38.6 Å². The second-order valence-corrected chi connectivity index (χ2v) is 16.0. The van der Waals surface area contributed by atoms with Gasteiger partial charge >= 0.3 is 0 Å². The average Bonchev–Trinajstić information content (AvgIpc) is 3.37. The first-order valence-electron chi connectivity index (χ1n) is 21.7. The predicted octanol–water partition coefficient (Wildman–Crippen LogP) is 17.5. The van der Waals surface area contributed by atoms with Crippen molar-refractivity contribution in [2.24, 2.45) is 0 Å². The van der Waals surface area contributed by atoms with Crippen LogP contribution in [0.3, 0.4) is 0 Å². The van der Waals surface area contributed by atoms with Crippen molar-refractivity contribution in [3.63, 3.8) is 0 Å². The van der Waals surface area contributed by atoms with Crippen LogP contribution < -0.4 is 4.90 Å². The first-order chi connectivity index (χ1) is 31.3. The quantitative estimate of drug-likeness (QED) is 0.141. The zero-order chi connectivity index (χ0) is 42.0. The molecule has 0 aliphatic rings. The maximum Gasteiger partial charge on any atom is 0.0467 e. The van der Waals surface area contributed by atoms with Crippen molar-refractivity contribution < 1.29 is 0 Å². The second kappa shape index (κ2) is 16.7. The summed E-state index contributed by atoms with van der Waals surface area (Å²) in [6.07, 6.45) is 0. The minimum atomic E-state index is 1.08. The van der Waals surface area contributed by atoms with Gasteiger partial charge < -0.3 is 4.90 Å². The number of hydrogen-bond donors (Lipinski definition) is 0. The van der Waals surface area contributed by atoms with Crippen LogP contribution >= 0.6 is 0 Å². The zero-order valence-electron chi connectivity index (χ0n) is 34.8. The molecule has 296 valence electrons. The fourth-order valence-electron chi connectivity index (χ4n) is 9.30. The van der Waals surface area contributed by atoms with Crippen molar-refractivity contribution in [1.82, 2.24) is 0 Å². The van der Waals surface area contributed by atoms with Crippen molar-refractivity contribution in [1.29, 1.82) is 0 Å². The highest BCUT2D eigenvalue weighted by molar-refractivity contribution is 6.01. The minimum Gasteiger partial charge on any atom is -0.310 e. The van der Waals surface area contributed by atoms with Crippen LogP contribution in [0.25, 0.3) is 88.3 Å². The molecule has 63 heavy (non-hydrogen) atoms. The molecule has 0 aliphatic carbocycles. The first-order valence-corrected chi connectivity index (χ1v) is 21.7. The molecular weight excluding hydrogens is 759 g/mol. The molecule has 11 aromatic carbocycles. The van der Waals surface area contributed by atoms with Gasteiger partial charge in [-0.15, -0.1) is 0 Å². The summed E-state index contributed by atoms with van der Waals surface area (Å²) in [4.78, 5) is 2.38. The van der Waals surface area contributed by atoms with Gasteiger partial charge in [-0.3, -0.25) is 0 Å². The van der Waals surface area contributed by atoms with Gasteiger partial charge in [0.25, 0.3) is 0 Å². The lowest BCUT2D eigenvalue weighted by Gasteiger charge is -2.27. The van der Waals surface area contributed by atoms with Crippen LogP contribution in [0.2, 0.25) is 0 Å². The van der Waals surface area contributed by atoms with Gasteiger partial charge in [0.15, 0.2) is 0 Å². The van der Waals surface area contributed by atoms with Crippen molar-refractivity contribution in [2.75, 3.05) is 4.90 Å². The largest absolute Gasteiger partial charge is 0.310 e. The first kappa shape index (κ1) is 37.7. The molecule has 0 radical (unpaired) electrons. The lowest BCUT2D eigenvalue weighted by Crippen LogP contribution is -2.10. The van der Waals surface area contributed by atoms with Gasteiger partial charge in [-0.25, -0.2) is 0 Å². The smallest absolute Gasteiger partial charge is 0.0467 e. The molecule has 0 amide bonds. The van der Waals surface area contributed by atoms with E-state index in [-0.39, 0.29) is 0 Å². The zero-order valence-corrected chi connectivity index (χ0v) is 34.8. The Morgan fingerprint density at radius 1 is 0.190 bits per heavy atom. The van der Waals surface area contributed by atoms with E-state index in [9.17, 15) is 0 Å². The Morgan fingerprint density at radius 3 is 1.08 bits per heavy atom. The van der Waals surface area contributed by atoms with Gasteiger partial charge in [0.05, 0.1) is 0 Å². The summed E-state index contributed by atoms with van der Waals surface area (Å²) in [6.45, 7) is 0. The molecule has 0 heterocycles. The Morgan fingerprint density at radius 2 is 0.540 bits per heavy atom. The third-order valence-corrected chi connectivity index (χ3v) is 12.3. The number of anilines is 3. The van der Waals surface area contributed by atoms with E-state index in [0.29, 0.717) is 0 Å². The Balaban J connectivity index is 1.01. The Bertz CT molecular complexity index is 3370. The molecule has 11 aromatic rings. The third-order valence-electron chi connectivity index (χ3n) is 12.3. The minimum absolute atomic E-state index is 1.08. The van der Waals surface area contributed by atoms with Crippen LogP contribution in [0.5, 0.6) is 0 Å². The molecule has 0 spiro atoms. The predicted molar refractivity (Wildman–Crippen MR) is 269 cm³/mol. The summed E-state index contributed by atoms with van der Waals surface area (Å²) >= 11 is 0. The van der Waals surface area contributed by atoms with E-state index in [1.807, 2.05) is 0 Å². The van der Waals surface area contributed by atoms with Crippen LogP contribution in [0.1, 0.15) is 0 Å². The fourth-order valence-corrected chi connectivity index (χ4v) is 9.30. The number of fused-ring (bicyclic) bond motifs is 2. The van der Waals surface area contributed by atoms with Crippen LogP contribution in [-0.4, -0.2) is 0 Å². The molecule has 0 saturated carbocycles. The molecule has 1 nitrogen and oxygen atoms in total. The van der Waals surface area contributed by atoms with Gasteiger partial charge in [-0.1, -0.05) is 224 Å². The SMILES string of the molecule is c1ccc(-c2ccccc2-c2ccccc2-c2ccc(N(c3ccc(-c4ccccc4-c4cccc5ccccc45)cc3)c3cccc(-c4cccc5ccccc45)c3)cc2)cc1. The average molecular weight is 802 g/mol. The van der Waals surface area contributed by atoms with Crippen molar-refractivity contribution in [2.45, 2.75) is 0 Å². The summed E-state index contributed by atoms with van der Waals surface area (Å²) in [7, 11) is 0. The van der Waals surface area contributed by atoms with Crippen molar-refractivity contribution in [3.05, 3.63) is 261 Å². The molecule has 0 atom stereocenters. The lowest BCUT2D eigenvalue weighted by molar-refractivity contribution is 1.28. The molecule has 1 heteroatoms. The molecule has 0 aromatic heterocycles. The Kier molecular flexibility index (Phi) is 9.97. The number of rotatable bonds is 9. The van der Waals surface area contributed by atoms with E-state index in [0.717, 1.165) is 17.1 Å². The lowest BCUT2D eigenvalue weighted by atomic mass is 9.89. The summed E-state index contributed by atoms with van der Waals surface area (Å²) in [5.41, 5.74) is 17.7. The van der Waals surface area contributed by atoms with E-state index in [2.05, 4.69) is 266 Å². The van der Waals surface area contributed by atoms with Gasteiger partial charge in [0, 0.05) is 17.1 Å². The standard InChI is InChI=1S/C62H43N/c1-2-17-44(18-3-1)54-27-8-11-30-59(54)60-31-12-9-28-56(60)47-35-39-50(40-36-47)63(52-24-14-23-49(43-52)58-33-15-21-45-19-4-6-25-53(45)58)51-41-37-48(38-42-51)57-29-10-13-32-61(57)62-34-16-22-46-20-5-7-26-55(46)62/h1-43H. The van der Waals surface area contributed by atoms with E-state index in [4.69, 9.17) is 0 Å². The molecule has 0 unspecified atom stereocenters. The maximum absolute atomic E-state index is 2.38. The van der Waals surface area contributed by atoms with Crippen LogP contribution in [0.15, 0.2) is 261 Å². The number of benzene rings is 11. The van der Waals surface area contributed by atoms with E-state index in [1.54, 1.807) is 0 Å². The normalized spacial score (nSPS) is 11.2. The molecular formula is C62H43N. The Labute approximate surface area is 369 Å². The van der Waals surface area contributed by atoms with Crippen LogP contribution in [-0.2, 0) is 0 Å². The second-order valence-electron chi connectivity index (χ2n) is 16.0. The van der Waals surface area contributed by atoms with Crippen LogP contribution in [0, 0.1) is 0 Å². The fraction of sp³-hybridized carbons (Fsp3) is 0. The maximum atomic E-state index is 2.38. The molecule has 0 aliphatic heterocycles. The van der Waals surface area contributed by atoms with Gasteiger partial charge in [-0.2, -0.15) is 0 Å². The molecule has 0 bridgehead atoms. The number of hydrogen-bond acceptors (Lipinski definition) is 1. The van der Waals surface area contributed by atoms with Crippen LogP contribution in [0.4, 0.5) is 17.1 Å². The van der Waals surface area contributed by atoms with Gasteiger partial charge in [0.1, 0.15) is 0 Å². The molecule has 0 saturated heterocycles. The summed E-state index contributed by atoms with van der Waals surface area (Å²) in [6, 6.07) is 94.6. The molecule has 11 rings (SSSR count). The summed E-state index contributed by atoms with van der Waals surface area (Å²) in [5, 5.41) is 4.98. The summed E-state index contributed by atoms with van der Waals surface area (Å²) < 4.78 is 0. The summed E-state index contributed by atoms with van der Waals surface area (Å²) in [5.74, 6) is 0. The molecule has 0 fully saturated rings.